The Balaban J connectivity index is 2.87. The summed E-state index contributed by atoms with van der Waals surface area (Å²) in [5.41, 5.74) is -0.724. The van der Waals surface area contributed by atoms with Gasteiger partial charge in [-0.15, -0.1) is 0 Å². The molecule has 0 amide bonds. The first-order valence-corrected chi connectivity index (χ1v) is 5.15. The van der Waals surface area contributed by atoms with Gasteiger partial charge in [-0.3, -0.25) is 9.59 Å². The predicted molar refractivity (Wildman–Crippen MR) is 57.3 cm³/mol. The van der Waals surface area contributed by atoms with Gasteiger partial charge in [0, 0.05) is 0 Å². The first-order valence-electron chi connectivity index (χ1n) is 5.15. The minimum Gasteiger partial charge on any atom is -0.468 e. The maximum absolute atomic E-state index is 11.7. The zero-order valence-electron chi connectivity index (χ0n) is 9.16. The van der Waals surface area contributed by atoms with E-state index in [1.807, 2.05) is 0 Å². The van der Waals surface area contributed by atoms with Crippen molar-refractivity contribution in [1.82, 2.24) is 0 Å². The summed E-state index contributed by atoms with van der Waals surface area (Å²) in [5, 5.41) is 0. The van der Waals surface area contributed by atoms with Crippen molar-refractivity contribution in [2.24, 2.45) is 5.41 Å². The van der Waals surface area contributed by atoms with Crippen LogP contribution in [0.2, 0.25) is 0 Å². The number of esters is 1. The number of rotatable bonds is 4. The smallest absolute Gasteiger partial charge is 0.319 e. The third-order valence-corrected chi connectivity index (χ3v) is 2.60. The molecule has 1 aliphatic rings. The highest BCUT2D eigenvalue weighted by atomic mass is 16.5. The Hall–Kier alpha value is -1.38. The summed E-state index contributed by atoms with van der Waals surface area (Å²) in [7, 11) is 1.37. The van der Waals surface area contributed by atoms with Gasteiger partial charge in [0.15, 0.2) is 5.78 Å². The van der Waals surface area contributed by atoms with Gasteiger partial charge >= 0.3 is 5.97 Å². The molecule has 0 N–H and O–H groups in total. The van der Waals surface area contributed by atoms with E-state index in [2.05, 4.69) is 6.92 Å². The summed E-state index contributed by atoms with van der Waals surface area (Å²) in [6.07, 6.45) is 8.80. The largest absolute Gasteiger partial charge is 0.468 e. The molecule has 0 atom stereocenters. The SMILES string of the molecule is CCCCC1(C(=O)OC)C=CC(=O)C=C1. The number of ether oxygens (including phenoxy) is 1. The lowest BCUT2D eigenvalue weighted by molar-refractivity contribution is -0.147. The Kier molecular flexibility index (Phi) is 3.83. The average molecular weight is 208 g/mol. The minimum atomic E-state index is -0.724. The summed E-state index contributed by atoms with van der Waals surface area (Å²) in [5.74, 6) is -0.373. The van der Waals surface area contributed by atoms with Crippen LogP contribution in [0.1, 0.15) is 26.2 Å². The zero-order valence-corrected chi connectivity index (χ0v) is 9.16. The van der Waals surface area contributed by atoms with E-state index in [0.717, 1.165) is 12.8 Å². The molecule has 0 saturated heterocycles. The van der Waals surface area contributed by atoms with Gasteiger partial charge in [-0.1, -0.05) is 31.9 Å². The molecule has 0 bridgehead atoms. The molecule has 15 heavy (non-hydrogen) atoms. The molecule has 0 spiro atoms. The molecule has 3 heteroatoms. The molecule has 0 aromatic rings. The Morgan fingerprint density at radius 3 is 2.47 bits per heavy atom. The van der Waals surface area contributed by atoms with E-state index in [4.69, 9.17) is 4.74 Å². The summed E-state index contributed by atoms with van der Waals surface area (Å²) >= 11 is 0. The van der Waals surface area contributed by atoms with E-state index in [-0.39, 0.29) is 11.8 Å². The number of carbonyl (C=O) groups is 2. The van der Waals surface area contributed by atoms with Gasteiger partial charge in [0.2, 0.25) is 0 Å². The summed E-state index contributed by atoms with van der Waals surface area (Å²) in [6, 6.07) is 0. The molecule has 1 aliphatic carbocycles. The number of carbonyl (C=O) groups excluding carboxylic acids is 2. The number of hydrogen-bond donors (Lipinski definition) is 0. The standard InChI is InChI=1S/C12H16O3/c1-3-4-7-12(11(14)15-2)8-5-10(13)6-9-12/h5-6,8-9H,3-4,7H2,1-2H3. The minimum absolute atomic E-state index is 0.0778. The maximum Gasteiger partial charge on any atom is 0.319 e. The van der Waals surface area contributed by atoms with Crippen LogP contribution >= 0.6 is 0 Å². The van der Waals surface area contributed by atoms with Crippen molar-refractivity contribution in [2.75, 3.05) is 7.11 Å². The van der Waals surface area contributed by atoms with Crippen LogP contribution in [-0.2, 0) is 14.3 Å². The predicted octanol–water partition coefficient (Wildman–Crippen LogP) is 2.03. The van der Waals surface area contributed by atoms with Gasteiger partial charge in [-0.2, -0.15) is 0 Å². The van der Waals surface area contributed by atoms with Crippen LogP contribution in [0.3, 0.4) is 0 Å². The second-order valence-electron chi connectivity index (χ2n) is 3.70. The third-order valence-electron chi connectivity index (χ3n) is 2.60. The van der Waals surface area contributed by atoms with Crippen molar-refractivity contribution in [3.05, 3.63) is 24.3 Å². The van der Waals surface area contributed by atoms with E-state index in [1.54, 1.807) is 12.2 Å². The van der Waals surface area contributed by atoms with Crippen LogP contribution in [0.4, 0.5) is 0 Å². The molecule has 0 heterocycles. The van der Waals surface area contributed by atoms with E-state index in [0.29, 0.717) is 6.42 Å². The first kappa shape index (κ1) is 11.7. The van der Waals surface area contributed by atoms with Gasteiger partial charge in [0.05, 0.1) is 7.11 Å². The molecule has 0 aliphatic heterocycles. The lowest BCUT2D eigenvalue weighted by Gasteiger charge is -2.25. The van der Waals surface area contributed by atoms with Crippen LogP contribution < -0.4 is 0 Å². The molecule has 0 saturated carbocycles. The molecular weight excluding hydrogens is 192 g/mol. The maximum atomic E-state index is 11.7. The molecule has 0 fully saturated rings. The van der Waals surface area contributed by atoms with E-state index in [1.165, 1.54) is 19.3 Å². The zero-order chi connectivity index (χ0) is 11.3. The van der Waals surface area contributed by atoms with Gasteiger partial charge in [0.25, 0.3) is 0 Å². The van der Waals surface area contributed by atoms with E-state index in [9.17, 15) is 9.59 Å². The molecule has 0 unspecified atom stereocenters. The van der Waals surface area contributed by atoms with Crippen molar-refractivity contribution in [1.29, 1.82) is 0 Å². The Morgan fingerprint density at radius 2 is 2.00 bits per heavy atom. The molecule has 3 nitrogen and oxygen atoms in total. The molecule has 0 aromatic heterocycles. The quantitative estimate of drug-likeness (QED) is 0.664. The molecule has 82 valence electrons. The molecule has 0 radical (unpaired) electrons. The van der Waals surface area contributed by atoms with Crippen molar-refractivity contribution in [2.45, 2.75) is 26.2 Å². The summed E-state index contributed by atoms with van der Waals surface area (Å²) < 4.78 is 4.77. The van der Waals surface area contributed by atoms with Crippen LogP contribution in [0.5, 0.6) is 0 Å². The molecule has 0 aromatic carbocycles. The van der Waals surface area contributed by atoms with Crippen molar-refractivity contribution < 1.29 is 14.3 Å². The number of ketones is 1. The molecular formula is C12H16O3. The Labute approximate surface area is 89.8 Å². The third kappa shape index (κ3) is 2.55. The summed E-state index contributed by atoms with van der Waals surface area (Å²) in [4.78, 5) is 22.7. The van der Waals surface area contributed by atoms with Gasteiger partial charge in [0.1, 0.15) is 5.41 Å². The monoisotopic (exact) mass is 208 g/mol. The van der Waals surface area contributed by atoms with E-state index < -0.39 is 5.41 Å². The highest BCUT2D eigenvalue weighted by Crippen LogP contribution is 2.32. The normalized spacial score (nSPS) is 17.9. The second kappa shape index (κ2) is 4.91. The highest BCUT2D eigenvalue weighted by Gasteiger charge is 2.35. The Bertz CT molecular complexity index is 297. The van der Waals surface area contributed by atoms with Crippen molar-refractivity contribution >= 4 is 11.8 Å². The summed E-state index contributed by atoms with van der Waals surface area (Å²) in [6.45, 7) is 2.06. The average Bonchev–Trinajstić information content (AvgIpc) is 2.28. The topological polar surface area (TPSA) is 43.4 Å². The number of hydrogen-bond acceptors (Lipinski definition) is 3. The van der Waals surface area contributed by atoms with Gasteiger partial charge in [-0.05, 0) is 18.6 Å². The highest BCUT2D eigenvalue weighted by molar-refractivity contribution is 6.02. The first-order chi connectivity index (χ1) is 7.14. The van der Waals surface area contributed by atoms with Crippen LogP contribution in [0.15, 0.2) is 24.3 Å². The fraction of sp³-hybridized carbons (Fsp3) is 0.500. The van der Waals surface area contributed by atoms with Crippen LogP contribution in [0, 0.1) is 5.41 Å². The van der Waals surface area contributed by atoms with E-state index >= 15 is 0 Å². The lowest BCUT2D eigenvalue weighted by Crippen LogP contribution is -2.30. The fourth-order valence-electron chi connectivity index (χ4n) is 1.64. The van der Waals surface area contributed by atoms with Gasteiger partial charge in [-0.25, -0.2) is 0 Å². The number of methoxy groups -OCH3 is 1. The lowest BCUT2D eigenvalue weighted by atomic mass is 9.79. The van der Waals surface area contributed by atoms with Gasteiger partial charge < -0.3 is 4.74 Å². The van der Waals surface area contributed by atoms with Crippen molar-refractivity contribution in [3.8, 4) is 0 Å². The second-order valence-corrected chi connectivity index (χ2v) is 3.70. The van der Waals surface area contributed by atoms with Crippen LogP contribution in [-0.4, -0.2) is 18.9 Å². The molecule has 1 rings (SSSR count). The van der Waals surface area contributed by atoms with Crippen LogP contribution in [0.25, 0.3) is 0 Å². The fourth-order valence-corrected chi connectivity index (χ4v) is 1.64. The van der Waals surface area contributed by atoms with Crippen molar-refractivity contribution in [3.63, 3.8) is 0 Å². The Morgan fingerprint density at radius 1 is 1.40 bits per heavy atom. The number of allylic oxidation sites excluding steroid dienone is 2. The number of unbranched alkanes of at least 4 members (excludes halogenated alkanes) is 1.